The van der Waals surface area contributed by atoms with Crippen molar-refractivity contribution in [3.05, 3.63) is 11.1 Å². The standard InChI is InChI=1S/C11H13F3N2O2S/c1-6(10(2-3-10)8(15)17)7-4-16-9(19-7)18-5-11(12,13)14/h4,6H,2-3,5H2,1H3,(H2,15,17)/t6-/m1/s1. The van der Waals surface area contributed by atoms with Gasteiger partial charge >= 0.3 is 6.18 Å². The summed E-state index contributed by atoms with van der Waals surface area (Å²) in [6.07, 6.45) is -1.52. The number of hydrogen-bond acceptors (Lipinski definition) is 4. The van der Waals surface area contributed by atoms with Crippen LogP contribution in [0, 0.1) is 5.41 Å². The summed E-state index contributed by atoms with van der Waals surface area (Å²) in [7, 11) is 0. The maximum Gasteiger partial charge on any atom is 0.422 e. The Bertz CT molecular complexity index is 483. The van der Waals surface area contributed by atoms with Crippen LogP contribution in [-0.4, -0.2) is 23.7 Å². The second-order valence-corrected chi connectivity index (χ2v) is 5.70. The van der Waals surface area contributed by atoms with Crippen LogP contribution >= 0.6 is 11.3 Å². The number of carbonyl (C=O) groups is 1. The van der Waals surface area contributed by atoms with Gasteiger partial charge in [-0.05, 0) is 12.8 Å². The van der Waals surface area contributed by atoms with Crippen LogP contribution in [0.3, 0.4) is 0 Å². The number of ether oxygens (including phenoxy) is 1. The van der Waals surface area contributed by atoms with Gasteiger partial charge in [-0.25, -0.2) is 4.98 Å². The molecule has 0 bridgehead atoms. The number of carbonyl (C=O) groups excluding carboxylic acids is 1. The van der Waals surface area contributed by atoms with Crippen molar-refractivity contribution < 1.29 is 22.7 Å². The normalized spacial score (nSPS) is 18.9. The van der Waals surface area contributed by atoms with Crippen LogP contribution in [0.25, 0.3) is 0 Å². The van der Waals surface area contributed by atoms with E-state index in [9.17, 15) is 18.0 Å². The molecule has 1 amide bonds. The summed E-state index contributed by atoms with van der Waals surface area (Å²) in [4.78, 5) is 15.9. The fourth-order valence-corrected chi connectivity index (χ4v) is 2.91. The average Bonchev–Trinajstić information content (AvgIpc) is 2.98. The minimum atomic E-state index is -4.39. The Morgan fingerprint density at radius 3 is 2.74 bits per heavy atom. The average molecular weight is 294 g/mol. The zero-order valence-corrected chi connectivity index (χ0v) is 11.0. The molecule has 0 aliphatic heterocycles. The Morgan fingerprint density at radius 2 is 2.26 bits per heavy atom. The summed E-state index contributed by atoms with van der Waals surface area (Å²) < 4.78 is 40.6. The minimum Gasteiger partial charge on any atom is -0.460 e. The number of amides is 1. The molecule has 0 saturated heterocycles. The molecule has 4 nitrogen and oxygen atoms in total. The smallest absolute Gasteiger partial charge is 0.422 e. The van der Waals surface area contributed by atoms with Crippen LogP contribution < -0.4 is 10.5 Å². The predicted octanol–water partition coefficient (Wildman–Crippen LogP) is 2.45. The van der Waals surface area contributed by atoms with Crippen molar-refractivity contribution in [2.24, 2.45) is 11.1 Å². The van der Waals surface area contributed by atoms with E-state index in [1.54, 1.807) is 0 Å². The molecule has 19 heavy (non-hydrogen) atoms. The highest BCUT2D eigenvalue weighted by molar-refractivity contribution is 7.13. The molecule has 0 aromatic carbocycles. The van der Waals surface area contributed by atoms with E-state index in [1.165, 1.54) is 6.20 Å². The van der Waals surface area contributed by atoms with Gasteiger partial charge in [-0.3, -0.25) is 4.79 Å². The third-order valence-corrected chi connectivity index (χ3v) is 4.49. The van der Waals surface area contributed by atoms with Crippen molar-refractivity contribution in [2.75, 3.05) is 6.61 Å². The lowest BCUT2D eigenvalue weighted by atomic mass is 9.89. The Kier molecular flexibility index (Phi) is 3.46. The monoisotopic (exact) mass is 294 g/mol. The van der Waals surface area contributed by atoms with Gasteiger partial charge in [-0.2, -0.15) is 13.2 Å². The topological polar surface area (TPSA) is 65.2 Å². The van der Waals surface area contributed by atoms with Gasteiger partial charge in [0.25, 0.3) is 5.19 Å². The lowest BCUT2D eigenvalue weighted by Gasteiger charge is -2.17. The van der Waals surface area contributed by atoms with Crippen LogP contribution in [0.5, 0.6) is 5.19 Å². The molecule has 1 heterocycles. The first-order chi connectivity index (χ1) is 8.74. The number of nitrogens with zero attached hydrogens (tertiary/aromatic N) is 1. The predicted molar refractivity (Wildman–Crippen MR) is 62.9 cm³/mol. The fraction of sp³-hybridized carbons (Fsp3) is 0.636. The summed E-state index contributed by atoms with van der Waals surface area (Å²) >= 11 is 1.02. The van der Waals surface area contributed by atoms with E-state index in [0.717, 1.165) is 11.3 Å². The highest BCUT2D eigenvalue weighted by atomic mass is 32.1. The number of aromatic nitrogens is 1. The summed E-state index contributed by atoms with van der Waals surface area (Å²) in [6.45, 7) is 0.466. The van der Waals surface area contributed by atoms with E-state index in [4.69, 9.17) is 5.73 Å². The van der Waals surface area contributed by atoms with Crippen molar-refractivity contribution in [1.29, 1.82) is 0 Å². The van der Waals surface area contributed by atoms with Crippen molar-refractivity contribution in [2.45, 2.75) is 31.9 Å². The van der Waals surface area contributed by atoms with E-state index >= 15 is 0 Å². The van der Waals surface area contributed by atoms with Crippen LogP contribution in [0.4, 0.5) is 13.2 Å². The second kappa shape index (κ2) is 4.66. The van der Waals surface area contributed by atoms with Crippen LogP contribution in [0.2, 0.25) is 0 Å². The van der Waals surface area contributed by atoms with Crippen molar-refractivity contribution >= 4 is 17.2 Å². The van der Waals surface area contributed by atoms with Gasteiger partial charge in [-0.1, -0.05) is 18.3 Å². The Balaban J connectivity index is 2.03. The summed E-state index contributed by atoms with van der Waals surface area (Å²) in [6, 6.07) is 0. The third-order valence-electron chi connectivity index (χ3n) is 3.40. The van der Waals surface area contributed by atoms with Gasteiger partial charge in [-0.15, -0.1) is 0 Å². The number of primary amides is 1. The van der Waals surface area contributed by atoms with Crippen LogP contribution in [-0.2, 0) is 4.79 Å². The molecule has 8 heteroatoms. The maximum absolute atomic E-state index is 12.0. The molecule has 1 atom stereocenters. The van der Waals surface area contributed by atoms with Gasteiger partial charge < -0.3 is 10.5 Å². The quantitative estimate of drug-likeness (QED) is 0.907. The zero-order valence-electron chi connectivity index (χ0n) is 10.2. The molecular formula is C11H13F3N2O2S. The second-order valence-electron chi connectivity index (χ2n) is 4.67. The van der Waals surface area contributed by atoms with Crippen LogP contribution in [0.1, 0.15) is 30.6 Å². The molecule has 0 spiro atoms. The van der Waals surface area contributed by atoms with Gasteiger partial charge in [0.1, 0.15) is 0 Å². The van der Waals surface area contributed by atoms with Gasteiger partial charge in [0.05, 0.1) is 5.41 Å². The number of alkyl halides is 3. The first-order valence-electron chi connectivity index (χ1n) is 5.70. The fourth-order valence-electron chi connectivity index (χ4n) is 1.98. The lowest BCUT2D eigenvalue weighted by molar-refractivity contribution is -0.153. The first kappa shape index (κ1) is 14.1. The molecule has 0 radical (unpaired) electrons. The summed E-state index contributed by atoms with van der Waals surface area (Å²) in [5.74, 6) is -0.517. The molecule has 1 aliphatic carbocycles. The Labute approximate surface area is 111 Å². The van der Waals surface area contributed by atoms with E-state index < -0.39 is 18.2 Å². The summed E-state index contributed by atoms with van der Waals surface area (Å²) in [5.41, 5.74) is 4.80. The van der Waals surface area contributed by atoms with E-state index in [-0.39, 0.29) is 17.0 Å². The number of rotatable bonds is 5. The summed E-state index contributed by atoms with van der Waals surface area (Å²) in [5, 5.41) is -0.0422. The van der Waals surface area contributed by atoms with Gasteiger partial charge in [0, 0.05) is 17.0 Å². The zero-order chi connectivity index (χ0) is 14.3. The molecule has 2 N–H and O–H groups in total. The molecule has 0 unspecified atom stereocenters. The molecular weight excluding hydrogens is 281 g/mol. The van der Waals surface area contributed by atoms with Gasteiger partial charge in [0.15, 0.2) is 6.61 Å². The highest BCUT2D eigenvalue weighted by Gasteiger charge is 2.53. The molecule has 1 aromatic heterocycles. The molecule has 1 aromatic rings. The Hall–Kier alpha value is -1.31. The molecule has 1 fully saturated rings. The van der Waals surface area contributed by atoms with E-state index in [2.05, 4.69) is 9.72 Å². The SMILES string of the molecule is C[C@H](c1cnc(OCC(F)(F)F)s1)C1(C(N)=O)CC1. The van der Waals surface area contributed by atoms with E-state index in [1.807, 2.05) is 6.92 Å². The molecule has 106 valence electrons. The van der Waals surface area contributed by atoms with Crippen molar-refractivity contribution in [1.82, 2.24) is 4.98 Å². The molecule has 1 saturated carbocycles. The highest BCUT2D eigenvalue weighted by Crippen LogP contribution is 2.56. The molecule has 1 aliphatic rings. The van der Waals surface area contributed by atoms with Crippen molar-refractivity contribution in [3.8, 4) is 5.19 Å². The number of nitrogens with two attached hydrogens (primary N) is 1. The lowest BCUT2D eigenvalue weighted by Crippen LogP contribution is -2.28. The number of hydrogen-bond donors (Lipinski definition) is 1. The Morgan fingerprint density at radius 1 is 1.63 bits per heavy atom. The largest absolute Gasteiger partial charge is 0.460 e. The minimum absolute atomic E-state index is 0.0422. The maximum atomic E-state index is 12.0. The number of halogens is 3. The first-order valence-corrected chi connectivity index (χ1v) is 6.51. The van der Waals surface area contributed by atoms with Crippen molar-refractivity contribution in [3.63, 3.8) is 0 Å². The van der Waals surface area contributed by atoms with Gasteiger partial charge in [0.2, 0.25) is 5.91 Å². The van der Waals surface area contributed by atoms with Crippen LogP contribution in [0.15, 0.2) is 6.20 Å². The molecule has 2 rings (SSSR count). The third kappa shape index (κ3) is 2.99. The number of thiazole rings is 1. The van der Waals surface area contributed by atoms with E-state index in [0.29, 0.717) is 17.7 Å².